The number of rotatable bonds is 8. The summed E-state index contributed by atoms with van der Waals surface area (Å²) in [6.07, 6.45) is 0.664. The first-order chi connectivity index (χ1) is 11.0. The molecule has 1 atom stereocenters. The molecule has 0 saturated carbocycles. The van der Waals surface area contributed by atoms with Crippen LogP contribution in [0.25, 0.3) is 0 Å². The summed E-state index contributed by atoms with van der Waals surface area (Å²) in [5, 5.41) is 0.189. The van der Waals surface area contributed by atoms with Crippen LogP contribution in [0.15, 0.2) is 30.4 Å². The van der Waals surface area contributed by atoms with Gasteiger partial charge in [0.05, 0.1) is 20.8 Å². The summed E-state index contributed by atoms with van der Waals surface area (Å²) in [6, 6.07) is 5.52. The van der Waals surface area contributed by atoms with Crippen molar-refractivity contribution in [2.45, 2.75) is 51.4 Å². The predicted octanol–water partition coefficient (Wildman–Crippen LogP) is 4.67. The number of methoxy groups -OCH3 is 2. The normalized spacial score (nSPS) is 13.5. The third kappa shape index (κ3) is 5.36. The van der Waals surface area contributed by atoms with E-state index in [2.05, 4.69) is 40.4 Å². The van der Waals surface area contributed by atoms with E-state index in [0.29, 0.717) is 13.0 Å². The summed E-state index contributed by atoms with van der Waals surface area (Å²) in [7, 11) is 1.50. The van der Waals surface area contributed by atoms with E-state index in [-0.39, 0.29) is 11.1 Å². The lowest BCUT2D eigenvalue weighted by atomic mass is 10.00. The minimum atomic E-state index is -1.77. The Labute approximate surface area is 148 Å². The largest absolute Gasteiger partial charge is 0.497 e. The molecule has 0 aromatic heterocycles. The van der Waals surface area contributed by atoms with Gasteiger partial charge in [0.25, 0.3) is 0 Å². The molecule has 0 bridgehead atoms. The summed E-state index contributed by atoms with van der Waals surface area (Å²) in [4.78, 5) is 0. The zero-order valence-electron chi connectivity index (χ0n) is 16.2. The molecule has 136 valence electrons. The molecular formula is C19H33NO3Si. The van der Waals surface area contributed by atoms with Gasteiger partial charge in [-0.05, 0) is 30.6 Å². The van der Waals surface area contributed by atoms with Gasteiger partial charge in [-0.1, -0.05) is 39.0 Å². The Balaban J connectivity index is 2.71. The molecule has 0 aliphatic heterocycles. The average Bonchev–Trinajstić information content (AvgIpc) is 2.51. The Hall–Kier alpha value is -1.30. The molecule has 0 aliphatic carbocycles. The van der Waals surface area contributed by atoms with E-state index in [0.717, 1.165) is 22.6 Å². The van der Waals surface area contributed by atoms with Crippen molar-refractivity contribution in [3.8, 4) is 11.5 Å². The van der Waals surface area contributed by atoms with Gasteiger partial charge >= 0.3 is 0 Å². The Bertz CT molecular complexity index is 564. The van der Waals surface area contributed by atoms with Crippen molar-refractivity contribution in [1.29, 1.82) is 0 Å². The fraction of sp³-hybridized carbons (Fsp3) is 0.579. The molecule has 0 amide bonds. The Morgan fingerprint density at radius 3 is 2.33 bits per heavy atom. The summed E-state index contributed by atoms with van der Waals surface area (Å²) < 4.78 is 16.9. The van der Waals surface area contributed by atoms with E-state index >= 15 is 0 Å². The van der Waals surface area contributed by atoms with Crippen LogP contribution in [0.3, 0.4) is 0 Å². The topological polar surface area (TPSA) is 53.7 Å². The van der Waals surface area contributed by atoms with Crippen LogP contribution in [0.4, 0.5) is 0 Å². The molecular weight excluding hydrogens is 318 g/mol. The molecule has 1 aromatic carbocycles. The van der Waals surface area contributed by atoms with Gasteiger partial charge < -0.3 is 19.6 Å². The number of ether oxygens (including phenoxy) is 2. The summed E-state index contributed by atoms with van der Waals surface area (Å²) >= 11 is 0. The van der Waals surface area contributed by atoms with Crippen LogP contribution in [0.5, 0.6) is 11.5 Å². The highest BCUT2D eigenvalue weighted by Crippen LogP contribution is 2.37. The first-order valence-corrected chi connectivity index (χ1v) is 11.2. The van der Waals surface area contributed by atoms with Crippen LogP contribution in [0, 0.1) is 0 Å². The maximum Gasteiger partial charge on any atom is 0.192 e. The van der Waals surface area contributed by atoms with Crippen LogP contribution < -0.4 is 15.2 Å². The second kappa shape index (κ2) is 8.19. The first-order valence-electron chi connectivity index (χ1n) is 8.30. The van der Waals surface area contributed by atoms with Crippen molar-refractivity contribution in [2.24, 2.45) is 5.73 Å². The van der Waals surface area contributed by atoms with Gasteiger partial charge in [-0.2, -0.15) is 0 Å². The van der Waals surface area contributed by atoms with E-state index in [4.69, 9.17) is 19.6 Å². The van der Waals surface area contributed by atoms with Gasteiger partial charge in [-0.25, -0.2) is 0 Å². The van der Waals surface area contributed by atoms with E-state index < -0.39 is 8.32 Å². The van der Waals surface area contributed by atoms with Gasteiger partial charge in [0, 0.05) is 17.7 Å². The lowest BCUT2D eigenvalue weighted by Crippen LogP contribution is -2.41. The average molecular weight is 352 g/mol. The zero-order valence-corrected chi connectivity index (χ0v) is 17.2. The van der Waals surface area contributed by atoms with Crippen molar-refractivity contribution in [3.05, 3.63) is 35.9 Å². The second-order valence-corrected chi connectivity index (χ2v) is 12.5. The Morgan fingerprint density at radius 2 is 1.83 bits per heavy atom. The third-order valence-electron chi connectivity index (χ3n) is 4.79. The van der Waals surface area contributed by atoms with Gasteiger partial charge in [0.1, 0.15) is 11.5 Å². The molecule has 1 unspecified atom stereocenters. The molecule has 1 rings (SSSR count). The van der Waals surface area contributed by atoms with Crippen LogP contribution in [0.2, 0.25) is 18.1 Å². The maximum absolute atomic E-state index is 6.36. The molecule has 1 aromatic rings. The van der Waals surface area contributed by atoms with Gasteiger partial charge in [-0.15, -0.1) is 0 Å². The van der Waals surface area contributed by atoms with Crippen LogP contribution in [-0.4, -0.2) is 29.1 Å². The summed E-state index contributed by atoms with van der Waals surface area (Å²) in [6.45, 7) is 15.9. The van der Waals surface area contributed by atoms with Crippen molar-refractivity contribution in [3.63, 3.8) is 0 Å². The number of hydrogen-bond donors (Lipinski definition) is 1. The van der Waals surface area contributed by atoms with Gasteiger partial charge in [-0.3, -0.25) is 0 Å². The summed E-state index contributed by atoms with van der Waals surface area (Å²) in [5.74, 6) is 1.49. The van der Waals surface area contributed by atoms with Crippen LogP contribution in [0.1, 0.15) is 38.8 Å². The lowest BCUT2D eigenvalue weighted by Gasteiger charge is -2.36. The van der Waals surface area contributed by atoms with Crippen LogP contribution in [-0.2, 0) is 4.43 Å². The fourth-order valence-corrected chi connectivity index (χ4v) is 3.10. The molecule has 5 heteroatoms. The molecule has 0 saturated heterocycles. The lowest BCUT2D eigenvalue weighted by molar-refractivity contribution is 0.313. The van der Waals surface area contributed by atoms with Gasteiger partial charge in [0.2, 0.25) is 0 Å². The molecule has 24 heavy (non-hydrogen) atoms. The van der Waals surface area contributed by atoms with Crippen molar-refractivity contribution < 1.29 is 13.9 Å². The number of benzene rings is 1. The molecule has 0 spiro atoms. The highest BCUT2D eigenvalue weighted by molar-refractivity contribution is 6.74. The van der Waals surface area contributed by atoms with E-state index in [1.807, 2.05) is 18.2 Å². The Kier molecular flexibility index (Phi) is 7.07. The molecule has 0 fully saturated rings. The minimum Gasteiger partial charge on any atom is -0.497 e. The molecule has 2 N–H and O–H groups in total. The first kappa shape index (κ1) is 20.7. The Morgan fingerprint density at radius 1 is 1.21 bits per heavy atom. The van der Waals surface area contributed by atoms with E-state index in [1.54, 1.807) is 14.2 Å². The number of hydrogen-bond acceptors (Lipinski definition) is 4. The molecule has 0 radical (unpaired) electrons. The van der Waals surface area contributed by atoms with Gasteiger partial charge in [0.15, 0.2) is 8.32 Å². The van der Waals surface area contributed by atoms with Crippen LogP contribution >= 0.6 is 0 Å². The fourth-order valence-electron chi connectivity index (χ4n) is 2.10. The SMILES string of the molecule is C=C(CO[Si](C)(C)C(C)(C)C)CC(N)c1ccc(OC)cc1OC. The number of nitrogens with two attached hydrogens (primary N) is 1. The molecule has 0 heterocycles. The summed E-state index contributed by atoms with van der Waals surface area (Å²) in [5.41, 5.74) is 8.32. The molecule has 4 nitrogen and oxygen atoms in total. The van der Waals surface area contributed by atoms with Crippen molar-refractivity contribution >= 4 is 8.32 Å². The molecule has 0 aliphatic rings. The standard InChI is InChI=1S/C19H33NO3Si/c1-14(13-23-24(7,8)19(2,3)4)11-17(20)16-10-9-15(21-5)12-18(16)22-6/h9-10,12,17H,1,11,13,20H2,2-8H3. The van der Waals surface area contributed by atoms with E-state index in [9.17, 15) is 0 Å². The van der Waals surface area contributed by atoms with E-state index in [1.165, 1.54) is 0 Å². The third-order valence-corrected chi connectivity index (χ3v) is 9.27. The van der Waals surface area contributed by atoms with Crippen molar-refractivity contribution in [1.82, 2.24) is 0 Å². The minimum absolute atomic E-state index is 0.179. The maximum atomic E-state index is 6.36. The zero-order chi connectivity index (χ0) is 18.5. The predicted molar refractivity (Wildman–Crippen MR) is 103 cm³/mol. The highest BCUT2D eigenvalue weighted by atomic mass is 28.4. The monoisotopic (exact) mass is 351 g/mol. The van der Waals surface area contributed by atoms with Crippen molar-refractivity contribution in [2.75, 3.05) is 20.8 Å². The quantitative estimate of drug-likeness (QED) is 0.546. The second-order valence-electron chi connectivity index (χ2n) is 7.72. The highest BCUT2D eigenvalue weighted by Gasteiger charge is 2.37. The smallest absolute Gasteiger partial charge is 0.192 e.